The fraction of sp³-hybridized carbons (Fsp3) is 0. The van der Waals surface area contributed by atoms with Crippen molar-refractivity contribution in [2.45, 2.75) is 0 Å². The summed E-state index contributed by atoms with van der Waals surface area (Å²) in [5, 5.41) is 0. The number of halogens is 2. The van der Waals surface area contributed by atoms with Crippen LogP contribution in [0.1, 0.15) is 5.76 Å². The smallest absolute Gasteiger partial charge is 0.275 e. The molecule has 0 bridgehead atoms. The molecule has 0 amide bonds. The first-order chi connectivity index (χ1) is 13.1. The Bertz CT molecular complexity index is 1430. The van der Waals surface area contributed by atoms with Gasteiger partial charge in [0, 0.05) is 20.6 Å². The van der Waals surface area contributed by atoms with Gasteiger partial charge in [-0.1, -0.05) is 55.3 Å². The van der Waals surface area contributed by atoms with Gasteiger partial charge in [-0.15, -0.1) is 0 Å². The molecule has 0 unspecified atom stereocenters. The molecule has 4 nitrogen and oxygen atoms in total. The summed E-state index contributed by atoms with van der Waals surface area (Å²) in [6.07, 6.45) is 1.77. The number of benzene rings is 2. The molecule has 27 heavy (non-hydrogen) atoms. The van der Waals surface area contributed by atoms with E-state index >= 15 is 0 Å². The Balaban J connectivity index is 1.63. The first-order valence-electron chi connectivity index (χ1n) is 8.07. The van der Waals surface area contributed by atoms with Gasteiger partial charge in [-0.25, -0.2) is 9.38 Å². The van der Waals surface area contributed by atoms with Crippen LogP contribution in [-0.2, 0) is 0 Å². The van der Waals surface area contributed by atoms with Crippen molar-refractivity contribution < 1.29 is 4.42 Å². The number of nitrogens with zero attached hydrogens (tertiary/aromatic N) is 2. The van der Waals surface area contributed by atoms with Crippen molar-refractivity contribution in [2.75, 3.05) is 0 Å². The highest BCUT2D eigenvalue weighted by Gasteiger charge is 2.12. The first-order valence-corrected chi connectivity index (χ1v) is 10.5. The van der Waals surface area contributed by atoms with E-state index in [4.69, 9.17) is 4.42 Å². The van der Waals surface area contributed by atoms with Gasteiger partial charge in [0.25, 0.3) is 5.56 Å². The summed E-state index contributed by atoms with van der Waals surface area (Å²) in [6.45, 7) is 0. The number of hydrogen-bond acceptors (Lipinski definition) is 4. The molecule has 3 aromatic heterocycles. The number of furan rings is 1. The third-order valence-corrected chi connectivity index (χ3v) is 6.39. The average molecular weight is 502 g/mol. The fourth-order valence-corrected chi connectivity index (χ4v) is 4.77. The van der Waals surface area contributed by atoms with Crippen molar-refractivity contribution in [3.8, 4) is 11.3 Å². The molecule has 5 aromatic rings. The van der Waals surface area contributed by atoms with Crippen molar-refractivity contribution >= 4 is 65.3 Å². The lowest BCUT2D eigenvalue weighted by atomic mass is 10.2. The van der Waals surface area contributed by atoms with E-state index in [0.29, 0.717) is 15.3 Å². The van der Waals surface area contributed by atoms with Crippen molar-refractivity contribution in [1.29, 1.82) is 0 Å². The summed E-state index contributed by atoms with van der Waals surface area (Å²) >= 11 is 8.39. The summed E-state index contributed by atoms with van der Waals surface area (Å²) in [5.41, 5.74) is 2.52. The van der Waals surface area contributed by atoms with E-state index in [1.807, 2.05) is 54.6 Å². The van der Waals surface area contributed by atoms with Crippen LogP contribution < -0.4 is 10.1 Å². The van der Waals surface area contributed by atoms with E-state index in [-0.39, 0.29) is 5.56 Å². The monoisotopic (exact) mass is 500 g/mol. The minimum absolute atomic E-state index is 0.0784. The summed E-state index contributed by atoms with van der Waals surface area (Å²) in [5.74, 6) is 1.36. The van der Waals surface area contributed by atoms with E-state index in [1.54, 1.807) is 10.5 Å². The molecular formula is C20H10Br2N2O2S. The van der Waals surface area contributed by atoms with Crippen molar-refractivity contribution in [1.82, 2.24) is 9.38 Å². The molecule has 5 rings (SSSR count). The van der Waals surface area contributed by atoms with Crippen LogP contribution in [0.15, 0.2) is 72.8 Å². The highest BCUT2D eigenvalue weighted by molar-refractivity contribution is 9.11. The SMILES string of the molecule is O=c1/c(=C\c2ccc(-c3cc(Br)ccc3Br)o2)sc2nc3ccccc3n12. The topological polar surface area (TPSA) is 47.5 Å². The van der Waals surface area contributed by atoms with E-state index in [1.165, 1.54) is 11.3 Å². The number of thiazole rings is 1. The van der Waals surface area contributed by atoms with Crippen LogP contribution >= 0.6 is 43.2 Å². The van der Waals surface area contributed by atoms with Gasteiger partial charge in [0.2, 0.25) is 0 Å². The number of rotatable bonds is 2. The lowest BCUT2D eigenvalue weighted by Gasteiger charge is -2.01. The summed E-state index contributed by atoms with van der Waals surface area (Å²) in [6, 6.07) is 17.3. The largest absolute Gasteiger partial charge is 0.457 e. The molecule has 0 saturated heterocycles. The van der Waals surface area contributed by atoms with E-state index in [0.717, 1.165) is 31.3 Å². The quantitative estimate of drug-likeness (QED) is 0.332. The van der Waals surface area contributed by atoms with Crippen LogP contribution in [0.3, 0.4) is 0 Å². The second kappa shape index (κ2) is 6.44. The van der Waals surface area contributed by atoms with Gasteiger partial charge in [0.1, 0.15) is 16.1 Å². The van der Waals surface area contributed by atoms with E-state index in [9.17, 15) is 4.79 Å². The molecule has 7 heteroatoms. The Hall–Kier alpha value is -2.22. The summed E-state index contributed by atoms with van der Waals surface area (Å²) in [7, 11) is 0. The summed E-state index contributed by atoms with van der Waals surface area (Å²) < 4.78 is 10.1. The summed E-state index contributed by atoms with van der Waals surface area (Å²) in [4.78, 5) is 18.1. The second-order valence-electron chi connectivity index (χ2n) is 5.96. The molecular weight excluding hydrogens is 492 g/mol. The van der Waals surface area contributed by atoms with E-state index < -0.39 is 0 Å². The molecule has 0 atom stereocenters. The minimum atomic E-state index is -0.0784. The fourth-order valence-electron chi connectivity index (χ4n) is 3.00. The zero-order valence-electron chi connectivity index (χ0n) is 13.6. The predicted octanol–water partition coefficient (Wildman–Crippen LogP) is 5.24. The molecule has 0 N–H and O–H groups in total. The number of hydrogen-bond donors (Lipinski definition) is 0. The molecule has 0 fully saturated rings. The van der Waals surface area contributed by atoms with Crippen molar-refractivity contribution in [3.05, 3.63) is 84.2 Å². The van der Waals surface area contributed by atoms with Crippen LogP contribution in [0, 0.1) is 0 Å². The van der Waals surface area contributed by atoms with Gasteiger partial charge in [-0.3, -0.25) is 4.79 Å². The number of para-hydroxylation sites is 2. The first kappa shape index (κ1) is 16.9. The number of fused-ring (bicyclic) bond motifs is 3. The Morgan fingerprint density at radius 1 is 1.07 bits per heavy atom. The van der Waals surface area contributed by atoms with Crippen molar-refractivity contribution in [3.63, 3.8) is 0 Å². The third-order valence-electron chi connectivity index (χ3n) is 4.24. The zero-order valence-corrected chi connectivity index (χ0v) is 17.6. The normalized spacial score (nSPS) is 12.4. The molecule has 2 aromatic carbocycles. The van der Waals surface area contributed by atoms with Gasteiger partial charge in [0.05, 0.1) is 11.0 Å². The van der Waals surface area contributed by atoms with Gasteiger partial charge in [-0.05, 0) is 42.5 Å². The van der Waals surface area contributed by atoms with Crippen molar-refractivity contribution in [2.24, 2.45) is 0 Å². The second-order valence-corrected chi connectivity index (χ2v) is 8.74. The molecule has 0 aliphatic carbocycles. The predicted molar refractivity (Wildman–Crippen MR) is 115 cm³/mol. The standard InChI is InChI=1S/C20H10Br2N2O2S/c21-11-5-7-14(22)13(9-11)17-8-6-12(26-17)10-18-19(25)24-16-4-2-1-3-15(16)23-20(24)27-18/h1-10H/b18-10+. The van der Waals surface area contributed by atoms with Crippen LogP contribution in [0.4, 0.5) is 0 Å². The Morgan fingerprint density at radius 2 is 1.93 bits per heavy atom. The van der Waals surface area contributed by atoms with Crippen LogP contribution in [-0.4, -0.2) is 9.38 Å². The minimum Gasteiger partial charge on any atom is -0.457 e. The Morgan fingerprint density at radius 3 is 2.81 bits per heavy atom. The molecule has 0 aliphatic rings. The van der Waals surface area contributed by atoms with Crippen LogP contribution in [0.25, 0.3) is 33.4 Å². The van der Waals surface area contributed by atoms with E-state index in [2.05, 4.69) is 36.8 Å². The third kappa shape index (κ3) is 2.86. The Kier molecular flexibility index (Phi) is 4.03. The molecule has 0 radical (unpaired) electrons. The lowest BCUT2D eigenvalue weighted by molar-refractivity contribution is 0.571. The average Bonchev–Trinajstić information content (AvgIpc) is 3.33. The number of imidazole rings is 1. The molecule has 0 spiro atoms. The lowest BCUT2D eigenvalue weighted by Crippen LogP contribution is -2.22. The zero-order chi connectivity index (χ0) is 18.5. The maximum Gasteiger partial charge on any atom is 0.275 e. The van der Waals surface area contributed by atoms with Gasteiger partial charge in [-0.2, -0.15) is 0 Å². The Labute approximate surface area is 174 Å². The molecule has 3 heterocycles. The maximum atomic E-state index is 12.8. The van der Waals surface area contributed by atoms with Gasteiger partial charge < -0.3 is 4.42 Å². The highest BCUT2D eigenvalue weighted by Crippen LogP contribution is 2.32. The number of aromatic nitrogens is 2. The molecule has 0 aliphatic heterocycles. The maximum absolute atomic E-state index is 12.8. The van der Waals surface area contributed by atoms with Gasteiger partial charge in [0.15, 0.2) is 4.96 Å². The van der Waals surface area contributed by atoms with Crippen LogP contribution in [0.5, 0.6) is 0 Å². The van der Waals surface area contributed by atoms with Gasteiger partial charge >= 0.3 is 0 Å². The molecule has 0 saturated carbocycles. The van der Waals surface area contributed by atoms with Crippen LogP contribution in [0.2, 0.25) is 0 Å². The highest BCUT2D eigenvalue weighted by atomic mass is 79.9. The molecule has 132 valence electrons.